The van der Waals surface area contributed by atoms with E-state index >= 15 is 0 Å². The molecule has 1 aromatic heterocycles. The van der Waals surface area contributed by atoms with E-state index in [-0.39, 0.29) is 0 Å². The first kappa shape index (κ1) is 12.7. The zero-order valence-electron chi connectivity index (χ0n) is 10.5. The summed E-state index contributed by atoms with van der Waals surface area (Å²) in [6.45, 7) is 0.452. The standard InChI is InChI=1S/C15H11ClN2O2/c16-13-8-6-11(7-9-13)10-18-14(15(19)20-17-18)12-4-2-1-3-5-12/h1-9H,10H2. The summed E-state index contributed by atoms with van der Waals surface area (Å²) in [5, 5.41) is 16.3. The third-order valence-corrected chi connectivity index (χ3v) is 3.22. The predicted molar refractivity (Wildman–Crippen MR) is 72.1 cm³/mol. The van der Waals surface area contributed by atoms with Crippen LogP contribution in [0.1, 0.15) is 5.56 Å². The van der Waals surface area contributed by atoms with E-state index in [1.807, 2.05) is 42.5 Å². The van der Waals surface area contributed by atoms with E-state index in [2.05, 4.69) is 5.27 Å². The summed E-state index contributed by atoms with van der Waals surface area (Å²) < 4.78 is 6.33. The van der Waals surface area contributed by atoms with E-state index in [0.29, 0.717) is 17.3 Å². The van der Waals surface area contributed by atoms with E-state index in [1.165, 1.54) is 0 Å². The van der Waals surface area contributed by atoms with Crippen LogP contribution in [0.25, 0.3) is 11.3 Å². The molecule has 0 N–H and O–H groups in total. The number of benzene rings is 2. The van der Waals surface area contributed by atoms with E-state index in [0.717, 1.165) is 11.1 Å². The molecule has 0 amide bonds. The minimum absolute atomic E-state index is 0.440. The average molecular weight is 287 g/mol. The fourth-order valence-electron chi connectivity index (χ4n) is 2.01. The minimum atomic E-state index is -0.440. The molecule has 20 heavy (non-hydrogen) atoms. The molecule has 0 saturated carbocycles. The van der Waals surface area contributed by atoms with Crippen molar-refractivity contribution in [1.29, 1.82) is 0 Å². The van der Waals surface area contributed by atoms with Gasteiger partial charge < -0.3 is 9.63 Å². The second-order valence-electron chi connectivity index (χ2n) is 4.36. The van der Waals surface area contributed by atoms with Crippen molar-refractivity contribution < 1.29 is 14.3 Å². The van der Waals surface area contributed by atoms with Gasteiger partial charge in [-0.25, -0.2) is 0 Å². The van der Waals surface area contributed by atoms with Gasteiger partial charge in [0.2, 0.25) is 6.54 Å². The van der Waals surface area contributed by atoms with Gasteiger partial charge in [-0.2, -0.15) is 0 Å². The summed E-state index contributed by atoms with van der Waals surface area (Å²) in [6, 6.07) is 16.7. The SMILES string of the molecule is [O-]c1on[n+](Cc2ccc(Cl)cc2)c1-c1ccccc1. The molecule has 0 aliphatic carbocycles. The van der Waals surface area contributed by atoms with Crippen molar-refractivity contribution in [2.45, 2.75) is 6.54 Å². The third kappa shape index (κ3) is 2.51. The first-order chi connectivity index (χ1) is 9.74. The molecule has 0 bridgehead atoms. The maximum Gasteiger partial charge on any atom is 0.264 e. The molecular weight excluding hydrogens is 276 g/mol. The summed E-state index contributed by atoms with van der Waals surface area (Å²) in [6.07, 6.45) is 0. The molecule has 0 spiro atoms. The van der Waals surface area contributed by atoms with Gasteiger partial charge in [0.15, 0.2) is 5.95 Å². The number of rotatable bonds is 3. The molecule has 0 aliphatic rings. The first-order valence-electron chi connectivity index (χ1n) is 6.11. The molecule has 4 nitrogen and oxygen atoms in total. The number of hydrogen-bond acceptors (Lipinski definition) is 3. The summed E-state index contributed by atoms with van der Waals surface area (Å²) >= 11 is 5.85. The molecule has 2 aromatic carbocycles. The molecule has 0 aliphatic heterocycles. The molecule has 100 valence electrons. The largest absolute Gasteiger partial charge is 0.539 e. The fraction of sp³-hybridized carbons (Fsp3) is 0.0667. The molecule has 1 heterocycles. The fourth-order valence-corrected chi connectivity index (χ4v) is 2.14. The highest BCUT2D eigenvalue weighted by Crippen LogP contribution is 2.22. The Kier molecular flexibility index (Phi) is 3.39. The molecule has 0 atom stereocenters. The zero-order chi connectivity index (χ0) is 13.9. The maximum absolute atomic E-state index is 11.8. The second-order valence-corrected chi connectivity index (χ2v) is 4.80. The van der Waals surface area contributed by atoms with Gasteiger partial charge in [-0.3, -0.25) is 0 Å². The summed E-state index contributed by atoms with van der Waals surface area (Å²) in [5.41, 5.74) is 2.22. The van der Waals surface area contributed by atoms with Gasteiger partial charge >= 0.3 is 0 Å². The van der Waals surface area contributed by atoms with Crippen LogP contribution in [0.4, 0.5) is 0 Å². The highest BCUT2D eigenvalue weighted by atomic mass is 35.5. The minimum Gasteiger partial charge on any atom is -0.539 e. The van der Waals surface area contributed by atoms with Crippen LogP contribution >= 0.6 is 11.6 Å². The van der Waals surface area contributed by atoms with Crippen LogP contribution in [-0.2, 0) is 6.54 Å². The summed E-state index contributed by atoms with van der Waals surface area (Å²) in [4.78, 5) is 0. The van der Waals surface area contributed by atoms with Gasteiger partial charge in [0, 0.05) is 10.6 Å². The Labute approximate surface area is 120 Å². The monoisotopic (exact) mass is 286 g/mol. The molecule has 0 saturated heterocycles. The number of hydrogen-bond donors (Lipinski definition) is 0. The summed E-state index contributed by atoms with van der Waals surface area (Å²) in [7, 11) is 0. The first-order valence-corrected chi connectivity index (χ1v) is 6.48. The van der Waals surface area contributed by atoms with E-state index in [4.69, 9.17) is 16.1 Å². The molecule has 3 rings (SSSR count). The zero-order valence-corrected chi connectivity index (χ0v) is 11.2. The Morgan fingerprint density at radius 3 is 2.45 bits per heavy atom. The lowest BCUT2D eigenvalue weighted by Crippen LogP contribution is -2.38. The van der Waals surface area contributed by atoms with Gasteiger partial charge in [0.05, 0.1) is 10.8 Å². The van der Waals surface area contributed by atoms with Gasteiger partial charge in [-0.1, -0.05) is 46.6 Å². The molecule has 0 fully saturated rings. The van der Waals surface area contributed by atoms with Crippen molar-refractivity contribution in [1.82, 2.24) is 5.27 Å². The van der Waals surface area contributed by atoms with Crippen LogP contribution < -0.4 is 9.79 Å². The van der Waals surface area contributed by atoms with Gasteiger partial charge in [0.25, 0.3) is 5.69 Å². The van der Waals surface area contributed by atoms with Crippen molar-refractivity contribution in [3.63, 3.8) is 0 Å². The van der Waals surface area contributed by atoms with Crippen molar-refractivity contribution >= 4 is 11.6 Å². The molecule has 3 aromatic rings. The lowest BCUT2D eigenvalue weighted by atomic mass is 10.1. The van der Waals surface area contributed by atoms with Crippen LogP contribution in [0, 0.1) is 0 Å². The van der Waals surface area contributed by atoms with E-state index < -0.39 is 5.95 Å². The Hall–Kier alpha value is -2.33. The van der Waals surface area contributed by atoms with E-state index in [1.54, 1.807) is 16.8 Å². The van der Waals surface area contributed by atoms with Gasteiger partial charge in [0.1, 0.15) is 0 Å². The predicted octanol–water partition coefficient (Wildman–Crippen LogP) is 2.40. The van der Waals surface area contributed by atoms with Crippen molar-refractivity contribution in [3.8, 4) is 17.2 Å². The lowest BCUT2D eigenvalue weighted by Gasteiger charge is -1.99. The van der Waals surface area contributed by atoms with Crippen LogP contribution in [0.3, 0.4) is 0 Å². The van der Waals surface area contributed by atoms with Crippen molar-refractivity contribution in [2.24, 2.45) is 0 Å². The normalized spacial score (nSPS) is 10.7. The Morgan fingerprint density at radius 1 is 1.05 bits per heavy atom. The molecule has 0 unspecified atom stereocenters. The quantitative estimate of drug-likeness (QED) is 0.695. The number of halogens is 1. The van der Waals surface area contributed by atoms with Crippen LogP contribution in [0.2, 0.25) is 5.02 Å². The third-order valence-electron chi connectivity index (χ3n) is 2.97. The molecule has 5 heteroatoms. The molecule has 0 radical (unpaired) electrons. The topological polar surface area (TPSA) is 53.0 Å². The Bertz CT molecular complexity index is 708. The number of nitrogens with zero attached hydrogens (tertiary/aromatic N) is 2. The summed E-state index contributed by atoms with van der Waals surface area (Å²) in [5.74, 6) is -0.440. The Balaban J connectivity index is 1.97. The maximum atomic E-state index is 11.8. The molecular formula is C15H11ClN2O2. The smallest absolute Gasteiger partial charge is 0.264 e. The van der Waals surface area contributed by atoms with E-state index in [9.17, 15) is 5.11 Å². The van der Waals surface area contributed by atoms with Crippen molar-refractivity contribution in [2.75, 3.05) is 0 Å². The lowest BCUT2D eigenvalue weighted by molar-refractivity contribution is -0.745. The highest BCUT2D eigenvalue weighted by molar-refractivity contribution is 6.30. The van der Waals surface area contributed by atoms with Crippen molar-refractivity contribution in [3.05, 3.63) is 65.2 Å². The second kappa shape index (κ2) is 5.35. The van der Waals surface area contributed by atoms with Gasteiger partial charge in [-0.15, -0.1) is 0 Å². The Morgan fingerprint density at radius 2 is 1.75 bits per heavy atom. The average Bonchev–Trinajstić information content (AvgIpc) is 2.83. The van der Waals surface area contributed by atoms with Crippen LogP contribution in [0.15, 0.2) is 59.1 Å². The van der Waals surface area contributed by atoms with Crippen LogP contribution in [-0.4, -0.2) is 5.27 Å². The highest BCUT2D eigenvalue weighted by Gasteiger charge is 2.19. The number of aromatic nitrogens is 2. The van der Waals surface area contributed by atoms with Crippen LogP contribution in [0.5, 0.6) is 5.95 Å². The van der Waals surface area contributed by atoms with Gasteiger partial charge in [-0.05, 0) is 24.3 Å².